The van der Waals surface area contributed by atoms with E-state index in [4.69, 9.17) is 9.47 Å². The summed E-state index contributed by atoms with van der Waals surface area (Å²) in [4.78, 5) is 12.8. The van der Waals surface area contributed by atoms with Crippen molar-refractivity contribution in [3.8, 4) is 0 Å². The molecule has 0 aromatic rings. The topological polar surface area (TPSA) is 128 Å². The first kappa shape index (κ1) is 20.5. The smallest absolute Gasteiger partial charge is 0.225 e. The number of amides is 1. The van der Waals surface area contributed by atoms with Gasteiger partial charge in [-0.05, 0) is 56.3 Å². The highest BCUT2D eigenvalue weighted by Crippen LogP contribution is 2.55. The molecule has 4 bridgehead atoms. The number of carbonyl (C=O) groups is 1. The lowest BCUT2D eigenvalue weighted by atomic mass is 9.53. The Hall–Kier alpha value is -0.770. The molecule has 5 aliphatic rings. The van der Waals surface area contributed by atoms with Gasteiger partial charge in [0, 0.05) is 5.54 Å². The molecule has 5 N–H and O–H groups in total. The number of carbonyl (C=O) groups excluding carboxylic acids is 1. The molecule has 28 heavy (non-hydrogen) atoms. The van der Waals surface area contributed by atoms with Gasteiger partial charge in [-0.1, -0.05) is 6.92 Å². The van der Waals surface area contributed by atoms with Crippen molar-refractivity contribution < 1.29 is 34.7 Å². The third-order valence-corrected chi connectivity index (χ3v) is 7.23. The van der Waals surface area contributed by atoms with Crippen LogP contribution in [-0.4, -0.2) is 75.8 Å². The van der Waals surface area contributed by atoms with Crippen molar-refractivity contribution in [1.29, 1.82) is 0 Å². The van der Waals surface area contributed by atoms with E-state index < -0.39 is 43.2 Å². The van der Waals surface area contributed by atoms with Gasteiger partial charge in [-0.3, -0.25) is 4.79 Å². The van der Waals surface area contributed by atoms with E-state index in [2.05, 4.69) is 5.32 Å². The second-order valence-corrected chi connectivity index (χ2v) is 9.62. The van der Waals surface area contributed by atoms with Crippen LogP contribution in [0.25, 0.3) is 0 Å². The van der Waals surface area contributed by atoms with Crippen LogP contribution < -0.4 is 5.32 Å². The van der Waals surface area contributed by atoms with E-state index in [-0.39, 0.29) is 18.1 Å². The molecule has 0 aromatic heterocycles. The molecule has 1 aliphatic heterocycles. The highest BCUT2D eigenvalue weighted by atomic mass is 16.7. The SMILES string of the molecule is C[C@H](COC1O[C@H](CO)[C@@H](O)[C@H](O)[C@@H]1O)C(=O)NC12CC3CC(CC(C3)C1)C2. The van der Waals surface area contributed by atoms with E-state index >= 15 is 0 Å². The predicted molar refractivity (Wildman–Crippen MR) is 97.9 cm³/mol. The monoisotopic (exact) mass is 399 g/mol. The Morgan fingerprint density at radius 1 is 1.07 bits per heavy atom. The molecule has 5 fully saturated rings. The van der Waals surface area contributed by atoms with E-state index in [0.717, 1.165) is 37.0 Å². The lowest BCUT2D eigenvalue weighted by Crippen LogP contribution is -2.61. The van der Waals surface area contributed by atoms with Crippen molar-refractivity contribution in [2.24, 2.45) is 23.7 Å². The maximum Gasteiger partial charge on any atom is 0.225 e. The van der Waals surface area contributed by atoms with E-state index in [9.17, 15) is 25.2 Å². The molecule has 0 radical (unpaired) electrons. The molecule has 1 heterocycles. The summed E-state index contributed by atoms with van der Waals surface area (Å²) in [6.45, 7) is 1.27. The van der Waals surface area contributed by atoms with Crippen LogP contribution in [0.4, 0.5) is 0 Å². The minimum atomic E-state index is -1.48. The van der Waals surface area contributed by atoms with Crippen molar-refractivity contribution in [2.45, 2.75) is 81.7 Å². The highest BCUT2D eigenvalue weighted by molar-refractivity contribution is 5.79. The van der Waals surface area contributed by atoms with Gasteiger partial charge >= 0.3 is 0 Å². The highest BCUT2D eigenvalue weighted by Gasteiger charge is 2.52. The van der Waals surface area contributed by atoms with Crippen LogP contribution >= 0.6 is 0 Å². The van der Waals surface area contributed by atoms with E-state index in [1.165, 1.54) is 19.3 Å². The van der Waals surface area contributed by atoms with Gasteiger partial charge in [0.1, 0.15) is 24.4 Å². The van der Waals surface area contributed by atoms with Crippen LogP contribution in [0, 0.1) is 23.7 Å². The molecule has 6 atom stereocenters. The number of hydrogen-bond acceptors (Lipinski definition) is 7. The summed E-state index contributed by atoms with van der Waals surface area (Å²) in [6, 6.07) is 0. The van der Waals surface area contributed by atoms with Gasteiger partial charge in [-0.2, -0.15) is 0 Å². The third kappa shape index (κ3) is 3.82. The van der Waals surface area contributed by atoms with Crippen LogP contribution in [0.3, 0.4) is 0 Å². The normalized spacial score (nSPS) is 48.5. The van der Waals surface area contributed by atoms with Crippen molar-refractivity contribution in [1.82, 2.24) is 5.32 Å². The summed E-state index contributed by atoms with van der Waals surface area (Å²) in [5.74, 6) is 1.72. The van der Waals surface area contributed by atoms with Crippen molar-refractivity contribution in [3.05, 3.63) is 0 Å². The largest absolute Gasteiger partial charge is 0.394 e. The summed E-state index contributed by atoms with van der Waals surface area (Å²) in [7, 11) is 0. The molecule has 4 aliphatic carbocycles. The van der Waals surface area contributed by atoms with Gasteiger partial charge in [0.2, 0.25) is 5.91 Å². The number of hydrogen-bond donors (Lipinski definition) is 5. The van der Waals surface area contributed by atoms with Crippen LogP contribution in [0.15, 0.2) is 0 Å². The summed E-state index contributed by atoms with van der Waals surface area (Å²) in [5, 5.41) is 42.2. The molecule has 8 heteroatoms. The van der Waals surface area contributed by atoms with Crippen molar-refractivity contribution >= 4 is 5.91 Å². The van der Waals surface area contributed by atoms with Crippen LogP contribution in [-0.2, 0) is 14.3 Å². The summed E-state index contributed by atoms with van der Waals surface area (Å²) in [5.41, 5.74) is -0.0662. The molecule has 0 spiro atoms. The first-order chi connectivity index (χ1) is 13.3. The number of aliphatic hydroxyl groups excluding tert-OH is 4. The molecule has 8 nitrogen and oxygen atoms in total. The lowest BCUT2D eigenvalue weighted by molar-refractivity contribution is -0.302. The molecule has 0 aromatic carbocycles. The third-order valence-electron chi connectivity index (χ3n) is 7.23. The Bertz CT molecular complexity index is 548. The summed E-state index contributed by atoms with van der Waals surface area (Å²) >= 11 is 0. The van der Waals surface area contributed by atoms with Crippen LogP contribution in [0.5, 0.6) is 0 Å². The zero-order chi connectivity index (χ0) is 20.1. The van der Waals surface area contributed by atoms with Gasteiger partial charge in [0.25, 0.3) is 0 Å². The average molecular weight is 399 g/mol. The zero-order valence-corrected chi connectivity index (χ0v) is 16.4. The van der Waals surface area contributed by atoms with E-state index in [0.29, 0.717) is 0 Å². The van der Waals surface area contributed by atoms with Gasteiger partial charge < -0.3 is 35.2 Å². The molecule has 160 valence electrons. The van der Waals surface area contributed by atoms with E-state index in [1.807, 2.05) is 0 Å². The Labute approximate surface area is 165 Å². The number of aliphatic hydroxyl groups is 4. The Morgan fingerprint density at radius 2 is 1.64 bits per heavy atom. The fourth-order valence-electron chi connectivity index (χ4n) is 6.17. The first-order valence-corrected chi connectivity index (χ1v) is 10.5. The van der Waals surface area contributed by atoms with Gasteiger partial charge in [0.15, 0.2) is 6.29 Å². The molecular weight excluding hydrogens is 366 g/mol. The molecule has 1 amide bonds. The van der Waals surface area contributed by atoms with Gasteiger partial charge in [-0.25, -0.2) is 0 Å². The van der Waals surface area contributed by atoms with E-state index in [1.54, 1.807) is 6.92 Å². The Balaban J connectivity index is 1.30. The van der Waals surface area contributed by atoms with Crippen molar-refractivity contribution in [2.75, 3.05) is 13.2 Å². The standard InChI is InChI=1S/C20H33NO7/c1-10(9-27-19-17(25)16(24)15(23)14(8-22)28-19)18(26)21-20-5-11-2-12(6-20)4-13(3-11)7-20/h10-17,19,22-25H,2-9H2,1H3,(H,21,26)/t10-,11?,12?,13?,14-,15-,16+,17+,19?,20?/m1/s1. The van der Waals surface area contributed by atoms with Gasteiger partial charge in [0.05, 0.1) is 19.1 Å². The minimum absolute atomic E-state index is 0.0148. The Kier molecular flexibility index (Phi) is 5.72. The minimum Gasteiger partial charge on any atom is -0.394 e. The maximum absolute atomic E-state index is 12.8. The van der Waals surface area contributed by atoms with Crippen LogP contribution in [0.1, 0.15) is 45.4 Å². The number of nitrogens with one attached hydrogen (secondary N) is 1. The first-order valence-electron chi connectivity index (χ1n) is 10.5. The molecule has 1 unspecified atom stereocenters. The number of rotatable bonds is 6. The van der Waals surface area contributed by atoms with Gasteiger partial charge in [-0.15, -0.1) is 0 Å². The summed E-state index contributed by atoms with van der Waals surface area (Å²) in [6.07, 6.45) is 0.590. The average Bonchev–Trinajstić information content (AvgIpc) is 2.64. The molecule has 1 saturated heterocycles. The number of ether oxygens (including phenoxy) is 2. The predicted octanol–water partition coefficient (Wildman–Crippen LogP) is -0.476. The fourth-order valence-corrected chi connectivity index (χ4v) is 6.17. The molecule has 5 rings (SSSR count). The second kappa shape index (κ2) is 7.81. The zero-order valence-electron chi connectivity index (χ0n) is 16.4. The summed E-state index contributed by atoms with van der Waals surface area (Å²) < 4.78 is 10.9. The lowest BCUT2D eigenvalue weighted by Gasteiger charge is -2.57. The quantitative estimate of drug-likeness (QED) is 0.408. The molecule has 4 saturated carbocycles. The van der Waals surface area contributed by atoms with Crippen LogP contribution in [0.2, 0.25) is 0 Å². The second-order valence-electron chi connectivity index (χ2n) is 9.62. The fraction of sp³-hybridized carbons (Fsp3) is 0.950. The van der Waals surface area contributed by atoms with Crippen molar-refractivity contribution in [3.63, 3.8) is 0 Å². The maximum atomic E-state index is 12.8. The molecular formula is C20H33NO7. The Morgan fingerprint density at radius 3 is 2.18 bits per heavy atom.